The van der Waals surface area contributed by atoms with Crippen LogP contribution >= 0.6 is 0 Å². The Labute approximate surface area is 318 Å². The van der Waals surface area contributed by atoms with Crippen LogP contribution in [0.3, 0.4) is 0 Å². The third kappa shape index (κ3) is 7.78. The summed E-state index contributed by atoms with van der Waals surface area (Å²) in [6, 6.07) is 0. The van der Waals surface area contributed by atoms with Crippen LogP contribution in [0.15, 0.2) is 12.2 Å². The first-order chi connectivity index (χ1) is 25.0. The van der Waals surface area contributed by atoms with Crippen molar-refractivity contribution in [1.82, 2.24) is 0 Å². The molecule has 8 rings (SSSR count). The molecule has 0 nitrogen and oxygen atoms in total. The molecule has 0 heterocycles. The van der Waals surface area contributed by atoms with Gasteiger partial charge in [0.1, 0.15) is 0 Å². The quantitative estimate of drug-likeness (QED) is 0.232. The molecule has 0 spiro atoms. The van der Waals surface area contributed by atoms with Gasteiger partial charge in [-0.3, -0.25) is 0 Å². The number of unbranched alkanes of at least 4 members (excludes halogenated alkanes) is 1. The van der Waals surface area contributed by atoms with Crippen LogP contribution in [-0.4, -0.2) is 0 Å². The van der Waals surface area contributed by atoms with E-state index >= 15 is 0 Å². The maximum Gasteiger partial charge on any atom is -0.0319 e. The average Bonchev–Trinajstić information content (AvgIpc) is 3.16. The number of rotatable bonds is 7. The molecule has 0 radical (unpaired) electrons. The predicted molar refractivity (Wildman–Crippen MR) is 219 cm³/mol. The Morgan fingerprint density at radius 1 is 0.431 bits per heavy atom. The first-order valence-electron chi connectivity index (χ1n) is 24.7. The Hall–Kier alpha value is -0.260. The zero-order chi connectivity index (χ0) is 34.9. The molecule has 8 aliphatic rings. The third-order valence-corrected chi connectivity index (χ3v) is 19.7. The first-order valence-corrected chi connectivity index (χ1v) is 24.7. The van der Waals surface area contributed by atoms with E-state index in [9.17, 15) is 0 Å². The van der Waals surface area contributed by atoms with E-state index in [2.05, 4.69) is 39.8 Å². The van der Waals surface area contributed by atoms with Gasteiger partial charge in [-0.05, 0) is 184 Å². The van der Waals surface area contributed by atoms with Gasteiger partial charge in [0, 0.05) is 0 Å². The topological polar surface area (TPSA) is 0 Å². The van der Waals surface area contributed by atoms with Gasteiger partial charge >= 0.3 is 0 Å². The highest BCUT2D eigenvalue weighted by atomic mass is 14.6. The normalized spacial score (nSPS) is 49.9. The minimum atomic E-state index is 0.956. The van der Waals surface area contributed by atoms with Crippen molar-refractivity contribution < 1.29 is 0 Å². The second-order valence-corrected chi connectivity index (χ2v) is 21.8. The second-order valence-electron chi connectivity index (χ2n) is 21.8. The van der Waals surface area contributed by atoms with E-state index in [0.717, 1.165) is 107 Å². The van der Waals surface area contributed by atoms with Gasteiger partial charge in [-0.2, -0.15) is 0 Å². The average molecular weight is 699 g/mol. The van der Waals surface area contributed by atoms with Gasteiger partial charge in [-0.1, -0.05) is 136 Å². The predicted octanol–water partition coefficient (Wildman–Crippen LogP) is 15.4. The van der Waals surface area contributed by atoms with Crippen LogP contribution in [0, 0.1) is 107 Å². The zero-order valence-electron chi connectivity index (χ0n) is 34.6. The molecule has 0 saturated heterocycles. The van der Waals surface area contributed by atoms with Crippen LogP contribution in [0.4, 0.5) is 0 Å². The van der Waals surface area contributed by atoms with E-state index in [1.165, 1.54) is 64.2 Å². The Bertz CT molecular complexity index is 1090. The number of hydrogen-bond acceptors (Lipinski definition) is 0. The van der Waals surface area contributed by atoms with Crippen molar-refractivity contribution in [3.8, 4) is 0 Å². The fraction of sp³-hybridized carbons (Fsp3) is 0.961. The summed E-state index contributed by atoms with van der Waals surface area (Å²) >= 11 is 0. The summed E-state index contributed by atoms with van der Waals surface area (Å²) in [5, 5.41) is 0. The van der Waals surface area contributed by atoms with E-state index in [4.69, 9.17) is 0 Å². The van der Waals surface area contributed by atoms with Crippen molar-refractivity contribution in [2.24, 2.45) is 107 Å². The van der Waals surface area contributed by atoms with Gasteiger partial charge in [0.15, 0.2) is 0 Å². The van der Waals surface area contributed by atoms with Crippen molar-refractivity contribution in [2.45, 2.75) is 201 Å². The van der Waals surface area contributed by atoms with E-state index < -0.39 is 0 Å². The highest BCUT2D eigenvalue weighted by Gasteiger charge is 2.57. The third-order valence-electron chi connectivity index (χ3n) is 19.7. The van der Waals surface area contributed by atoms with Crippen molar-refractivity contribution in [3.05, 3.63) is 12.2 Å². The van der Waals surface area contributed by atoms with Gasteiger partial charge in [-0.15, -0.1) is 0 Å². The second kappa shape index (κ2) is 17.3. The molecule has 7 fully saturated rings. The minimum Gasteiger partial charge on any atom is -0.0885 e. The molecule has 0 bridgehead atoms. The molecule has 0 N–H and O–H groups in total. The smallest absolute Gasteiger partial charge is 0.0319 e. The number of allylic oxidation sites excluding steroid dienone is 2. The van der Waals surface area contributed by atoms with Gasteiger partial charge in [0.05, 0.1) is 0 Å². The molecule has 15 unspecified atom stereocenters. The molecule has 51 heavy (non-hydrogen) atoms. The summed E-state index contributed by atoms with van der Waals surface area (Å²) in [7, 11) is 0. The molecule has 0 aromatic carbocycles. The summed E-state index contributed by atoms with van der Waals surface area (Å²) in [5.41, 5.74) is 0. The summed E-state index contributed by atoms with van der Waals surface area (Å²) in [4.78, 5) is 0. The first kappa shape index (κ1) is 37.7. The molecule has 15 atom stereocenters. The van der Waals surface area contributed by atoms with Crippen LogP contribution in [0.25, 0.3) is 0 Å². The van der Waals surface area contributed by atoms with Crippen molar-refractivity contribution >= 4 is 0 Å². The van der Waals surface area contributed by atoms with Gasteiger partial charge < -0.3 is 0 Å². The largest absolute Gasteiger partial charge is 0.0885 e. The summed E-state index contributed by atoms with van der Waals surface area (Å²) in [6.45, 7) is 10.5. The monoisotopic (exact) mass is 699 g/mol. The highest BCUT2D eigenvalue weighted by molar-refractivity contribution is 5.07. The molecular formula is C51H86. The zero-order valence-corrected chi connectivity index (χ0v) is 34.6. The van der Waals surface area contributed by atoms with E-state index in [0.29, 0.717) is 0 Å². The molecular weight excluding hydrogens is 613 g/mol. The van der Waals surface area contributed by atoms with E-state index in [1.54, 1.807) is 109 Å². The van der Waals surface area contributed by atoms with Crippen LogP contribution in [0.2, 0.25) is 0 Å². The van der Waals surface area contributed by atoms with Gasteiger partial charge in [0.2, 0.25) is 0 Å². The van der Waals surface area contributed by atoms with Crippen molar-refractivity contribution in [3.63, 3.8) is 0 Å². The Kier molecular flexibility index (Phi) is 12.7. The fourth-order valence-corrected chi connectivity index (χ4v) is 17.4. The molecule has 0 aliphatic heterocycles. The lowest BCUT2D eigenvalue weighted by Crippen LogP contribution is -2.55. The Balaban J connectivity index is 1.05. The number of hydrogen-bond donors (Lipinski definition) is 0. The minimum absolute atomic E-state index is 0.956. The molecule has 0 aromatic heterocycles. The number of fused-ring (bicyclic) bond motifs is 3. The molecule has 8 aliphatic carbocycles. The fourth-order valence-electron chi connectivity index (χ4n) is 17.4. The standard InChI is InChI=1S/C51H86/c1-5-6-25-42-35(3)36(4)47-32-40(28-30-45(47)49(42)37-19-9-7-10-20-37)41-29-31-46-48(33-41)51(39-23-15-17-34(2)18-16-24-39)44-27-14-13-26-43(44)50(46)38-21-11-8-12-22-38/h8,11,34-51H,5-7,9-10,12-33H2,1-4H3. The maximum atomic E-state index is 2.77. The van der Waals surface area contributed by atoms with Crippen molar-refractivity contribution in [1.29, 1.82) is 0 Å². The summed E-state index contributed by atoms with van der Waals surface area (Å²) in [6.07, 6.45) is 47.1. The molecule has 0 amide bonds. The van der Waals surface area contributed by atoms with Crippen LogP contribution in [0.5, 0.6) is 0 Å². The van der Waals surface area contributed by atoms with Gasteiger partial charge in [-0.25, -0.2) is 0 Å². The van der Waals surface area contributed by atoms with Gasteiger partial charge in [0.25, 0.3) is 0 Å². The van der Waals surface area contributed by atoms with Crippen LogP contribution in [0.1, 0.15) is 201 Å². The Morgan fingerprint density at radius 3 is 1.65 bits per heavy atom. The molecule has 0 heteroatoms. The van der Waals surface area contributed by atoms with Crippen molar-refractivity contribution in [2.75, 3.05) is 0 Å². The molecule has 7 saturated carbocycles. The lowest BCUT2D eigenvalue weighted by molar-refractivity contribution is -0.126. The summed E-state index contributed by atoms with van der Waals surface area (Å²) in [5.74, 6) is 18.9. The lowest BCUT2D eigenvalue weighted by atomic mass is 9.43. The Morgan fingerprint density at radius 2 is 1.00 bits per heavy atom. The van der Waals surface area contributed by atoms with E-state index in [1.807, 2.05) is 0 Å². The van der Waals surface area contributed by atoms with E-state index in [-0.39, 0.29) is 0 Å². The SMILES string of the molecule is CCCCC1C(C)C(C)C2CC(C3CCC4C(C3)C(C3CCCC(C)CCC3)C3CCCCC3C4C3CC=CCC3)CCC2C1C1CCCCC1. The molecule has 0 aromatic rings. The van der Waals surface area contributed by atoms with Crippen LogP contribution in [-0.2, 0) is 0 Å². The highest BCUT2D eigenvalue weighted by Crippen LogP contribution is 2.65. The summed E-state index contributed by atoms with van der Waals surface area (Å²) < 4.78 is 0. The molecule has 290 valence electrons. The van der Waals surface area contributed by atoms with Crippen LogP contribution < -0.4 is 0 Å². The lowest BCUT2D eigenvalue weighted by Gasteiger charge is -2.61. The maximum absolute atomic E-state index is 2.77.